The summed E-state index contributed by atoms with van der Waals surface area (Å²) >= 11 is 3.60. The van der Waals surface area contributed by atoms with E-state index in [-0.39, 0.29) is 6.61 Å². The molecule has 0 saturated carbocycles. The van der Waals surface area contributed by atoms with E-state index in [1.165, 1.54) is 4.88 Å². The lowest BCUT2D eigenvalue weighted by Gasteiger charge is -2.07. The zero-order valence-corrected chi connectivity index (χ0v) is 11.5. The normalized spacial score (nSPS) is 12.7. The third-order valence-electron chi connectivity index (χ3n) is 2.13. The summed E-state index contributed by atoms with van der Waals surface area (Å²) in [5.41, 5.74) is 0. The summed E-state index contributed by atoms with van der Waals surface area (Å²) in [4.78, 5) is 5.62. The van der Waals surface area contributed by atoms with Gasteiger partial charge in [-0.1, -0.05) is 13.8 Å². The van der Waals surface area contributed by atoms with Gasteiger partial charge in [-0.25, -0.2) is 4.98 Å². The lowest BCUT2D eigenvalue weighted by atomic mass is 10.3. The summed E-state index contributed by atoms with van der Waals surface area (Å²) < 4.78 is 0. The molecule has 1 unspecified atom stereocenters. The maximum atomic E-state index is 8.80. The fraction of sp³-hybridized carbons (Fsp3) is 0.727. The molecular formula is C11H20N2OS2. The maximum absolute atomic E-state index is 8.80. The molecule has 92 valence electrons. The SMILES string of the molecule is CCCNc1ncc(CSC(C)CCO)s1. The van der Waals surface area contributed by atoms with Crippen LogP contribution in [0.3, 0.4) is 0 Å². The molecule has 0 aromatic carbocycles. The number of hydrogen-bond donors (Lipinski definition) is 2. The van der Waals surface area contributed by atoms with Crippen molar-refractivity contribution in [1.29, 1.82) is 0 Å². The molecule has 0 radical (unpaired) electrons. The maximum Gasteiger partial charge on any atom is 0.182 e. The monoisotopic (exact) mass is 260 g/mol. The van der Waals surface area contributed by atoms with Gasteiger partial charge in [0.1, 0.15) is 0 Å². The van der Waals surface area contributed by atoms with Gasteiger partial charge in [-0.3, -0.25) is 0 Å². The van der Waals surface area contributed by atoms with E-state index in [1.807, 2.05) is 18.0 Å². The fourth-order valence-electron chi connectivity index (χ4n) is 1.18. The van der Waals surface area contributed by atoms with Crippen molar-refractivity contribution in [3.8, 4) is 0 Å². The van der Waals surface area contributed by atoms with Crippen molar-refractivity contribution in [2.75, 3.05) is 18.5 Å². The number of nitrogens with one attached hydrogen (secondary N) is 1. The third kappa shape index (κ3) is 5.18. The van der Waals surface area contributed by atoms with Crippen LogP contribution in [0.25, 0.3) is 0 Å². The summed E-state index contributed by atoms with van der Waals surface area (Å²) in [6.07, 6.45) is 3.93. The van der Waals surface area contributed by atoms with Crippen LogP contribution >= 0.6 is 23.1 Å². The molecular weight excluding hydrogens is 240 g/mol. The molecule has 3 nitrogen and oxygen atoms in total. The first kappa shape index (κ1) is 13.8. The molecule has 1 aromatic rings. The first-order valence-electron chi connectivity index (χ1n) is 5.67. The Morgan fingerprint density at radius 1 is 1.62 bits per heavy atom. The molecule has 5 heteroatoms. The quantitative estimate of drug-likeness (QED) is 0.754. The van der Waals surface area contributed by atoms with Crippen molar-refractivity contribution in [2.24, 2.45) is 0 Å². The molecule has 0 amide bonds. The Balaban J connectivity index is 2.28. The minimum atomic E-state index is 0.278. The van der Waals surface area contributed by atoms with Crippen LogP contribution in [0.15, 0.2) is 6.20 Å². The Morgan fingerprint density at radius 2 is 2.44 bits per heavy atom. The predicted octanol–water partition coefficient (Wildman–Crippen LogP) is 2.97. The van der Waals surface area contributed by atoms with E-state index in [9.17, 15) is 0 Å². The zero-order chi connectivity index (χ0) is 11.8. The van der Waals surface area contributed by atoms with Gasteiger partial charge in [0.2, 0.25) is 0 Å². The van der Waals surface area contributed by atoms with Crippen LogP contribution in [-0.4, -0.2) is 28.5 Å². The lowest BCUT2D eigenvalue weighted by Crippen LogP contribution is -1.99. The molecule has 1 aromatic heterocycles. The van der Waals surface area contributed by atoms with Gasteiger partial charge >= 0.3 is 0 Å². The second kappa shape index (κ2) is 7.92. The lowest BCUT2D eigenvalue weighted by molar-refractivity contribution is 0.289. The van der Waals surface area contributed by atoms with Gasteiger partial charge in [0.05, 0.1) is 0 Å². The molecule has 1 rings (SSSR count). The van der Waals surface area contributed by atoms with Crippen LogP contribution in [0.5, 0.6) is 0 Å². The van der Waals surface area contributed by atoms with Gasteiger partial charge in [0.15, 0.2) is 5.13 Å². The Kier molecular flexibility index (Phi) is 6.84. The van der Waals surface area contributed by atoms with Crippen LogP contribution in [0.4, 0.5) is 5.13 Å². The number of aromatic nitrogens is 1. The largest absolute Gasteiger partial charge is 0.396 e. The van der Waals surface area contributed by atoms with Crippen LogP contribution in [0, 0.1) is 0 Å². The topological polar surface area (TPSA) is 45.2 Å². The van der Waals surface area contributed by atoms with E-state index in [4.69, 9.17) is 5.11 Å². The van der Waals surface area contributed by atoms with Gasteiger partial charge in [0, 0.05) is 35.2 Å². The van der Waals surface area contributed by atoms with Crippen LogP contribution in [-0.2, 0) is 5.75 Å². The molecule has 1 heterocycles. The van der Waals surface area contributed by atoms with Gasteiger partial charge in [-0.2, -0.15) is 11.8 Å². The van der Waals surface area contributed by atoms with Gasteiger partial charge in [0.25, 0.3) is 0 Å². The summed E-state index contributed by atoms with van der Waals surface area (Å²) in [5.74, 6) is 0.993. The van der Waals surface area contributed by atoms with E-state index in [2.05, 4.69) is 24.1 Å². The number of rotatable bonds is 8. The number of thiazole rings is 1. The van der Waals surface area contributed by atoms with E-state index in [0.29, 0.717) is 5.25 Å². The average Bonchev–Trinajstić information content (AvgIpc) is 2.72. The molecule has 0 saturated heterocycles. The molecule has 1 atom stereocenters. The summed E-state index contributed by atoms with van der Waals surface area (Å²) in [7, 11) is 0. The van der Waals surface area contributed by atoms with Crippen molar-refractivity contribution >= 4 is 28.2 Å². The van der Waals surface area contributed by atoms with Gasteiger partial charge in [-0.15, -0.1) is 11.3 Å². The highest BCUT2D eigenvalue weighted by Crippen LogP contribution is 2.25. The van der Waals surface area contributed by atoms with E-state index in [1.54, 1.807) is 11.3 Å². The first-order chi connectivity index (χ1) is 7.76. The Bertz CT molecular complexity index is 291. The van der Waals surface area contributed by atoms with Crippen molar-refractivity contribution in [3.05, 3.63) is 11.1 Å². The number of aliphatic hydroxyl groups excluding tert-OH is 1. The van der Waals surface area contributed by atoms with Crippen LogP contribution in [0.1, 0.15) is 31.6 Å². The number of aliphatic hydroxyl groups is 1. The Hall–Kier alpha value is -0.260. The van der Waals surface area contributed by atoms with E-state index in [0.717, 1.165) is 30.3 Å². The number of thioether (sulfide) groups is 1. The first-order valence-corrected chi connectivity index (χ1v) is 7.53. The van der Waals surface area contributed by atoms with Gasteiger partial charge < -0.3 is 10.4 Å². The molecule has 0 bridgehead atoms. The molecule has 0 aliphatic carbocycles. The van der Waals surface area contributed by atoms with Crippen LogP contribution < -0.4 is 5.32 Å². The van der Waals surface area contributed by atoms with E-state index < -0.39 is 0 Å². The highest BCUT2D eigenvalue weighted by atomic mass is 32.2. The molecule has 0 aliphatic rings. The minimum absolute atomic E-state index is 0.278. The second-order valence-corrected chi connectivity index (χ2v) is 6.23. The summed E-state index contributed by atoms with van der Waals surface area (Å²) in [6.45, 7) is 5.56. The van der Waals surface area contributed by atoms with E-state index >= 15 is 0 Å². The Morgan fingerprint density at radius 3 is 3.12 bits per heavy atom. The number of hydrogen-bond acceptors (Lipinski definition) is 5. The van der Waals surface area contributed by atoms with Crippen LogP contribution in [0.2, 0.25) is 0 Å². The number of anilines is 1. The zero-order valence-electron chi connectivity index (χ0n) is 9.90. The Labute approximate surface area is 106 Å². The molecule has 0 fully saturated rings. The molecule has 0 spiro atoms. The summed E-state index contributed by atoms with van der Waals surface area (Å²) in [5, 5.41) is 13.6. The molecule has 2 N–H and O–H groups in total. The highest BCUT2D eigenvalue weighted by Gasteiger charge is 2.05. The molecule has 0 aliphatic heterocycles. The van der Waals surface area contributed by atoms with Crippen molar-refractivity contribution in [3.63, 3.8) is 0 Å². The average molecular weight is 260 g/mol. The third-order valence-corrected chi connectivity index (χ3v) is 4.55. The van der Waals surface area contributed by atoms with Crippen molar-refractivity contribution in [2.45, 2.75) is 37.7 Å². The van der Waals surface area contributed by atoms with Gasteiger partial charge in [-0.05, 0) is 12.8 Å². The molecule has 16 heavy (non-hydrogen) atoms. The fourth-order valence-corrected chi connectivity index (χ4v) is 3.05. The predicted molar refractivity (Wildman–Crippen MR) is 73.4 cm³/mol. The van der Waals surface area contributed by atoms with Crippen molar-refractivity contribution in [1.82, 2.24) is 4.98 Å². The number of nitrogens with zero attached hydrogens (tertiary/aromatic N) is 1. The second-order valence-electron chi connectivity index (χ2n) is 3.69. The smallest absolute Gasteiger partial charge is 0.182 e. The standard InChI is InChI=1S/C11H20N2OS2/c1-3-5-12-11-13-7-10(16-11)8-15-9(2)4-6-14/h7,9,14H,3-6,8H2,1-2H3,(H,12,13). The highest BCUT2D eigenvalue weighted by molar-refractivity contribution is 7.99. The van der Waals surface area contributed by atoms with Crippen molar-refractivity contribution < 1.29 is 5.11 Å². The summed E-state index contributed by atoms with van der Waals surface area (Å²) in [6, 6.07) is 0. The minimum Gasteiger partial charge on any atom is -0.396 e.